The Morgan fingerprint density at radius 1 is 1.31 bits per heavy atom. The number of hydrogen-bond donors (Lipinski definition) is 1. The maximum atomic E-state index is 11.2. The molecule has 1 N–H and O–H groups in total. The maximum Gasteiger partial charge on any atom is 0.341 e. The van der Waals surface area contributed by atoms with E-state index in [1.54, 1.807) is 0 Å². The molecule has 170 valence electrons. The van der Waals surface area contributed by atoms with Gasteiger partial charge in [-0.3, -0.25) is 0 Å². The van der Waals surface area contributed by atoms with Gasteiger partial charge in [0, 0.05) is 22.4 Å². The monoisotopic (exact) mass is 454 g/mol. The molecule has 1 saturated heterocycles. The molecule has 1 aliphatic heterocycles. The number of carboxylic acids is 1. The first-order valence-corrected chi connectivity index (χ1v) is 11.7. The van der Waals surface area contributed by atoms with Crippen molar-refractivity contribution in [3.8, 4) is 5.75 Å². The van der Waals surface area contributed by atoms with Crippen molar-refractivity contribution in [1.82, 2.24) is 0 Å². The Bertz CT molecular complexity index is 1040. The van der Waals surface area contributed by atoms with E-state index in [-0.39, 0.29) is 18.1 Å². The zero-order valence-electron chi connectivity index (χ0n) is 19.0. The maximum absolute atomic E-state index is 11.2. The summed E-state index contributed by atoms with van der Waals surface area (Å²) in [5.41, 5.74) is 6.46. The second-order valence-corrected chi connectivity index (χ2v) is 9.59. The van der Waals surface area contributed by atoms with Gasteiger partial charge in [-0.1, -0.05) is 48.0 Å². The summed E-state index contributed by atoms with van der Waals surface area (Å²) >= 11 is 6.64. The van der Waals surface area contributed by atoms with Crippen LogP contribution in [0.4, 0.5) is 0 Å². The first-order valence-electron chi connectivity index (χ1n) is 11.3. The van der Waals surface area contributed by atoms with E-state index in [1.807, 2.05) is 26.8 Å². The van der Waals surface area contributed by atoms with Crippen LogP contribution in [0.3, 0.4) is 0 Å². The fourth-order valence-corrected chi connectivity index (χ4v) is 5.57. The number of aryl methyl sites for hydroxylation is 2. The smallest absolute Gasteiger partial charge is 0.341 e. The standard InChI is InChI=1S/C27H31ClO4/c1-15(2)20-13-21-19-10-6-5-8-18(19)9-7-11-22(21)32-27(20)25-17(4)26(28)16(3)12-23(25)31-14-24(29)30/h5-6,8,10,12,20-22,27H,1,7,9,11,13-14H2,2-4H3,(H,29,30)/t20-,21+,22-,27-/m0/s1. The van der Waals surface area contributed by atoms with Crippen LogP contribution in [0.1, 0.15) is 66.0 Å². The van der Waals surface area contributed by atoms with Gasteiger partial charge in [0.2, 0.25) is 0 Å². The number of fused-ring (bicyclic) bond motifs is 3. The van der Waals surface area contributed by atoms with Gasteiger partial charge in [0.15, 0.2) is 6.61 Å². The molecule has 2 aromatic carbocycles. The van der Waals surface area contributed by atoms with Gasteiger partial charge in [0.05, 0.1) is 12.2 Å². The summed E-state index contributed by atoms with van der Waals surface area (Å²) in [5, 5.41) is 9.86. The summed E-state index contributed by atoms with van der Waals surface area (Å²) in [6, 6.07) is 10.5. The molecule has 0 bridgehead atoms. The molecule has 0 saturated carbocycles. The minimum atomic E-state index is -1.01. The fourth-order valence-electron chi connectivity index (χ4n) is 5.42. The van der Waals surface area contributed by atoms with E-state index >= 15 is 0 Å². The molecule has 0 radical (unpaired) electrons. The van der Waals surface area contributed by atoms with E-state index < -0.39 is 12.6 Å². The van der Waals surface area contributed by atoms with Crippen LogP contribution in [0, 0.1) is 19.8 Å². The number of ether oxygens (including phenoxy) is 2. The quantitative estimate of drug-likeness (QED) is 0.519. The fraction of sp³-hybridized carbons (Fsp3) is 0.444. The van der Waals surface area contributed by atoms with Crippen LogP contribution in [0.2, 0.25) is 5.02 Å². The van der Waals surface area contributed by atoms with Gasteiger partial charge in [0.1, 0.15) is 5.75 Å². The zero-order chi connectivity index (χ0) is 23.0. The highest BCUT2D eigenvalue weighted by molar-refractivity contribution is 6.32. The van der Waals surface area contributed by atoms with Crippen LogP contribution in [0.15, 0.2) is 42.5 Å². The second-order valence-electron chi connectivity index (χ2n) is 9.21. The van der Waals surface area contributed by atoms with Crippen molar-refractivity contribution in [3.05, 3.63) is 75.3 Å². The van der Waals surface area contributed by atoms with E-state index in [9.17, 15) is 9.90 Å². The second kappa shape index (κ2) is 9.29. The number of aliphatic carboxylic acids is 1. The Kier molecular flexibility index (Phi) is 6.64. The molecule has 1 fully saturated rings. The van der Waals surface area contributed by atoms with Gasteiger partial charge in [-0.15, -0.1) is 0 Å². The summed E-state index contributed by atoms with van der Waals surface area (Å²) in [6.07, 6.45) is 3.89. The van der Waals surface area contributed by atoms with E-state index in [0.717, 1.165) is 47.9 Å². The van der Waals surface area contributed by atoms with Gasteiger partial charge in [-0.25, -0.2) is 4.79 Å². The molecule has 4 nitrogen and oxygen atoms in total. The Morgan fingerprint density at radius 3 is 2.78 bits per heavy atom. The molecule has 32 heavy (non-hydrogen) atoms. The molecule has 0 spiro atoms. The number of halogens is 1. The van der Waals surface area contributed by atoms with E-state index in [0.29, 0.717) is 16.7 Å². The number of rotatable bonds is 5. The van der Waals surface area contributed by atoms with Crippen LogP contribution in [0.25, 0.3) is 0 Å². The Balaban J connectivity index is 1.78. The molecule has 1 heterocycles. The predicted molar refractivity (Wildman–Crippen MR) is 127 cm³/mol. The van der Waals surface area contributed by atoms with Gasteiger partial charge >= 0.3 is 5.97 Å². The van der Waals surface area contributed by atoms with Gasteiger partial charge in [-0.05, 0) is 74.8 Å². The van der Waals surface area contributed by atoms with Crippen molar-refractivity contribution in [3.63, 3.8) is 0 Å². The van der Waals surface area contributed by atoms with Crippen LogP contribution < -0.4 is 4.74 Å². The lowest BCUT2D eigenvalue weighted by molar-refractivity contribution is -0.139. The number of benzene rings is 2. The summed E-state index contributed by atoms with van der Waals surface area (Å²) in [4.78, 5) is 11.2. The molecule has 4 atom stereocenters. The highest BCUT2D eigenvalue weighted by Crippen LogP contribution is 2.52. The Morgan fingerprint density at radius 2 is 2.06 bits per heavy atom. The molecule has 5 heteroatoms. The Hall–Kier alpha value is -2.30. The van der Waals surface area contributed by atoms with E-state index in [4.69, 9.17) is 21.1 Å². The van der Waals surface area contributed by atoms with Gasteiger partial charge in [-0.2, -0.15) is 0 Å². The molecular formula is C27H31ClO4. The first-order chi connectivity index (χ1) is 15.3. The molecule has 4 rings (SSSR count). The Labute approximate surface area is 195 Å². The minimum absolute atomic E-state index is 0.0760. The van der Waals surface area contributed by atoms with Crippen LogP contribution >= 0.6 is 11.6 Å². The molecule has 0 unspecified atom stereocenters. The van der Waals surface area contributed by atoms with Crippen molar-refractivity contribution in [1.29, 1.82) is 0 Å². The third kappa shape index (κ3) is 4.31. The van der Waals surface area contributed by atoms with Crippen LogP contribution in [0.5, 0.6) is 5.75 Å². The molecule has 0 amide bonds. The largest absolute Gasteiger partial charge is 0.482 e. The first kappa shape index (κ1) is 22.9. The highest BCUT2D eigenvalue weighted by atomic mass is 35.5. The third-order valence-corrected chi connectivity index (χ3v) is 7.58. The van der Waals surface area contributed by atoms with Crippen molar-refractivity contribution in [2.24, 2.45) is 5.92 Å². The van der Waals surface area contributed by atoms with Crippen molar-refractivity contribution >= 4 is 17.6 Å². The summed E-state index contributed by atoms with van der Waals surface area (Å²) in [5.74, 6) is -0.0819. The highest BCUT2D eigenvalue weighted by Gasteiger charge is 2.42. The number of carboxylic acid groups (broad SMARTS) is 1. The van der Waals surface area contributed by atoms with Crippen molar-refractivity contribution in [2.75, 3.05) is 6.61 Å². The third-order valence-electron chi connectivity index (χ3n) is 6.99. The lowest BCUT2D eigenvalue weighted by Gasteiger charge is -2.43. The zero-order valence-corrected chi connectivity index (χ0v) is 19.7. The molecule has 2 aliphatic rings. The SMILES string of the molecule is C=C(C)[C@@H]1C[C@@H]2c3ccccc3CCC[C@@H]2O[C@@H]1c1c(OCC(=O)O)cc(C)c(Cl)c1C. The van der Waals surface area contributed by atoms with Crippen molar-refractivity contribution in [2.45, 2.75) is 64.6 Å². The van der Waals surface area contributed by atoms with Crippen LogP contribution in [-0.4, -0.2) is 23.8 Å². The lowest BCUT2D eigenvalue weighted by Crippen LogP contribution is -2.36. The van der Waals surface area contributed by atoms with Crippen LogP contribution in [-0.2, 0) is 16.0 Å². The summed E-state index contributed by atoms with van der Waals surface area (Å²) in [6.45, 7) is 9.81. The number of hydrogen-bond acceptors (Lipinski definition) is 3. The van der Waals surface area contributed by atoms with E-state index in [1.165, 1.54) is 11.1 Å². The lowest BCUT2D eigenvalue weighted by atomic mass is 9.74. The minimum Gasteiger partial charge on any atom is -0.482 e. The molecule has 1 aliphatic carbocycles. The summed E-state index contributed by atoms with van der Waals surface area (Å²) in [7, 11) is 0. The van der Waals surface area contributed by atoms with Gasteiger partial charge in [0.25, 0.3) is 0 Å². The molecule has 0 aromatic heterocycles. The normalized spacial score (nSPS) is 24.8. The average molecular weight is 455 g/mol. The predicted octanol–water partition coefficient (Wildman–Crippen LogP) is 6.56. The number of carbonyl (C=O) groups is 1. The topological polar surface area (TPSA) is 55.8 Å². The average Bonchev–Trinajstić information content (AvgIpc) is 2.94. The summed E-state index contributed by atoms with van der Waals surface area (Å²) < 4.78 is 12.6. The molecule has 2 aromatic rings. The molecular weight excluding hydrogens is 424 g/mol. The van der Waals surface area contributed by atoms with E-state index in [2.05, 4.69) is 30.8 Å². The van der Waals surface area contributed by atoms with Crippen molar-refractivity contribution < 1.29 is 19.4 Å². The van der Waals surface area contributed by atoms with Gasteiger partial charge < -0.3 is 14.6 Å².